The molecule has 0 fully saturated rings. The first-order chi connectivity index (χ1) is 9.65. The maximum absolute atomic E-state index is 13.2. The fraction of sp³-hybridized carbons (Fsp3) is 0.133. The number of halogens is 2. The van der Waals surface area contributed by atoms with Crippen molar-refractivity contribution in [3.05, 3.63) is 59.7 Å². The molecule has 0 amide bonds. The minimum atomic E-state index is -1.03. The summed E-state index contributed by atoms with van der Waals surface area (Å²) in [5.41, 5.74) is 0.119. The van der Waals surface area contributed by atoms with Crippen LogP contribution in [0.25, 0.3) is 0 Å². The lowest BCUT2D eigenvalue weighted by molar-refractivity contribution is 0.0814. The number of Topliss-reactive ketones (excluding diaryl/α,β-unsaturated/α-hetero) is 1. The Kier molecular flexibility index (Phi) is 3.44. The van der Waals surface area contributed by atoms with Crippen LogP contribution in [0.1, 0.15) is 10.4 Å². The number of rotatable bonds is 2. The van der Waals surface area contributed by atoms with Gasteiger partial charge >= 0.3 is 0 Å². The minimum absolute atomic E-state index is 0.119. The molecule has 0 bridgehead atoms. The topological polar surface area (TPSA) is 26.3 Å². The van der Waals surface area contributed by atoms with E-state index in [2.05, 4.69) is 0 Å². The van der Waals surface area contributed by atoms with Crippen LogP contribution in [0, 0.1) is 11.6 Å². The van der Waals surface area contributed by atoms with E-state index >= 15 is 0 Å². The maximum Gasteiger partial charge on any atom is 0.204 e. The highest BCUT2D eigenvalue weighted by Gasteiger charge is 2.27. The molecule has 1 aliphatic heterocycles. The van der Waals surface area contributed by atoms with Crippen molar-refractivity contribution in [2.45, 2.75) is 11.0 Å². The molecule has 20 heavy (non-hydrogen) atoms. The summed E-state index contributed by atoms with van der Waals surface area (Å²) in [6, 6.07) is 10.6. The molecule has 1 atom stereocenters. The summed E-state index contributed by atoms with van der Waals surface area (Å²) >= 11 is 1.51. The van der Waals surface area contributed by atoms with Crippen molar-refractivity contribution in [2.24, 2.45) is 0 Å². The molecule has 0 saturated heterocycles. The Morgan fingerprint density at radius 1 is 1.15 bits per heavy atom. The molecule has 2 aromatic carbocycles. The fourth-order valence-electron chi connectivity index (χ4n) is 1.98. The number of hydrogen-bond donors (Lipinski definition) is 0. The van der Waals surface area contributed by atoms with E-state index in [0.29, 0.717) is 11.5 Å². The number of hydrogen-bond acceptors (Lipinski definition) is 3. The van der Waals surface area contributed by atoms with E-state index in [4.69, 9.17) is 4.74 Å². The van der Waals surface area contributed by atoms with E-state index in [9.17, 15) is 13.6 Å². The molecule has 2 aromatic rings. The third-order valence-electron chi connectivity index (χ3n) is 3.01. The Labute approximate surface area is 118 Å². The molecule has 102 valence electrons. The van der Waals surface area contributed by atoms with Crippen LogP contribution in [0.5, 0.6) is 5.75 Å². The van der Waals surface area contributed by atoms with Crippen molar-refractivity contribution in [3.8, 4) is 5.75 Å². The van der Waals surface area contributed by atoms with Crippen molar-refractivity contribution >= 4 is 17.5 Å². The van der Waals surface area contributed by atoms with Gasteiger partial charge in [0, 0.05) is 16.2 Å². The van der Waals surface area contributed by atoms with Gasteiger partial charge in [-0.25, -0.2) is 8.78 Å². The van der Waals surface area contributed by atoms with Gasteiger partial charge in [-0.3, -0.25) is 4.79 Å². The highest BCUT2D eigenvalue weighted by atomic mass is 32.2. The summed E-state index contributed by atoms with van der Waals surface area (Å²) in [7, 11) is 0. The Morgan fingerprint density at radius 3 is 2.75 bits per heavy atom. The lowest BCUT2D eigenvalue weighted by Crippen LogP contribution is -2.32. The van der Waals surface area contributed by atoms with Crippen LogP contribution in [-0.2, 0) is 0 Å². The van der Waals surface area contributed by atoms with Crippen LogP contribution in [0.15, 0.2) is 47.4 Å². The molecule has 3 rings (SSSR count). The molecule has 2 nitrogen and oxygen atoms in total. The van der Waals surface area contributed by atoms with Crippen molar-refractivity contribution in [1.29, 1.82) is 0 Å². The Bertz CT molecular complexity index is 673. The van der Waals surface area contributed by atoms with Crippen molar-refractivity contribution in [3.63, 3.8) is 0 Å². The molecule has 5 heteroatoms. The Balaban J connectivity index is 1.84. The molecule has 1 aliphatic rings. The van der Waals surface area contributed by atoms with Gasteiger partial charge in [-0.2, -0.15) is 0 Å². The lowest BCUT2D eigenvalue weighted by atomic mass is 10.1. The van der Waals surface area contributed by atoms with Crippen LogP contribution >= 0.6 is 11.8 Å². The predicted octanol–water partition coefficient (Wildman–Crippen LogP) is 3.70. The van der Waals surface area contributed by atoms with Crippen molar-refractivity contribution in [2.75, 3.05) is 5.75 Å². The first kappa shape index (κ1) is 13.1. The van der Waals surface area contributed by atoms with Crippen LogP contribution in [0.2, 0.25) is 0 Å². The summed E-state index contributed by atoms with van der Waals surface area (Å²) < 4.78 is 31.7. The van der Waals surface area contributed by atoms with E-state index < -0.39 is 17.7 Å². The van der Waals surface area contributed by atoms with Gasteiger partial charge in [-0.05, 0) is 30.3 Å². The highest BCUT2D eigenvalue weighted by Crippen LogP contribution is 2.35. The van der Waals surface area contributed by atoms with E-state index in [1.807, 2.05) is 18.2 Å². The summed E-state index contributed by atoms with van der Waals surface area (Å²) in [6.45, 7) is 0. The standard InChI is InChI=1S/C15H10F2O2S/c16-10-6-5-9(7-11(10)17)15(18)13-8-20-14-4-2-1-3-12(14)19-13/h1-7,13H,8H2. The van der Waals surface area contributed by atoms with Crippen LogP contribution in [-0.4, -0.2) is 17.6 Å². The zero-order valence-electron chi connectivity index (χ0n) is 10.3. The maximum atomic E-state index is 13.2. The number of carbonyl (C=O) groups is 1. The molecular formula is C15H10F2O2S. The smallest absolute Gasteiger partial charge is 0.204 e. The van der Waals surface area contributed by atoms with Gasteiger partial charge in [0.25, 0.3) is 0 Å². The van der Waals surface area contributed by atoms with E-state index in [0.717, 1.165) is 17.0 Å². The second kappa shape index (κ2) is 5.25. The van der Waals surface area contributed by atoms with Crippen molar-refractivity contribution in [1.82, 2.24) is 0 Å². The van der Waals surface area contributed by atoms with Gasteiger partial charge in [0.05, 0.1) is 0 Å². The van der Waals surface area contributed by atoms with E-state index in [-0.39, 0.29) is 11.3 Å². The molecule has 1 unspecified atom stereocenters. The predicted molar refractivity (Wildman–Crippen MR) is 72.3 cm³/mol. The SMILES string of the molecule is O=C(c1ccc(F)c(F)c1)C1CSc2ccccc2O1. The zero-order chi connectivity index (χ0) is 14.1. The van der Waals surface area contributed by atoms with Gasteiger partial charge in [0.2, 0.25) is 5.78 Å². The Hall–Kier alpha value is -1.88. The minimum Gasteiger partial charge on any atom is -0.480 e. The molecule has 1 heterocycles. The zero-order valence-corrected chi connectivity index (χ0v) is 11.1. The molecule has 0 aliphatic carbocycles. The molecule has 0 radical (unpaired) electrons. The number of carbonyl (C=O) groups excluding carboxylic acids is 1. The third kappa shape index (κ3) is 2.41. The average molecular weight is 292 g/mol. The largest absolute Gasteiger partial charge is 0.480 e. The summed E-state index contributed by atoms with van der Waals surface area (Å²) in [5, 5.41) is 0. The number of ether oxygens (including phenoxy) is 1. The summed E-state index contributed by atoms with van der Waals surface area (Å²) in [4.78, 5) is 13.2. The Morgan fingerprint density at radius 2 is 1.95 bits per heavy atom. The number of fused-ring (bicyclic) bond motifs is 1. The monoisotopic (exact) mass is 292 g/mol. The molecule has 0 saturated carbocycles. The fourth-order valence-corrected chi connectivity index (χ4v) is 2.97. The molecular weight excluding hydrogens is 282 g/mol. The number of thioether (sulfide) groups is 1. The van der Waals surface area contributed by atoms with Gasteiger partial charge < -0.3 is 4.74 Å². The van der Waals surface area contributed by atoms with Gasteiger partial charge in [-0.15, -0.1) is 11.8 Å². The number of ketones is 1. The molecule has 0 spiro atoms. The quantitative estimate of drug-likeness (QED) is 0.789. The van der Waals surface area contributed by atoms with Crippen LogP contribution in [0.4, 0.5) is 8.78 Å². The van der Waals surface area contributed by atoms with Gasteiger partial charge in [0.1, 0.15) is 5.75 Å². The number of para-hydroxylation sites is 1. The van der Waals surface area contributed by atoms with Crippen LogP contribution in [0.3, 0.4) is 0 Å². The first-order valence-corrected chi connectivity index (χ1v) is 7.01. The number of benzene rings is 2. The third-order valence-corrected chi connectivity index (χ3v) is 4.12. The van der Waals surface area contributed by atoms with Crippen LogP contribution < -0.4 is 4.74 Å². The van der Waals surface area contributed by atoms with E-state index in [1.165, 1.54) is 17.8 Å². The van der Waals surface area contributed by atoms with E-state index in [1.54, 1.807) is 6.07 Å². The van der Waals surface area contributed by atoms with Crippen molar-refractivity contribution < 1.29 is 18.3 Å². The normalized spacial score (nSPS) is 17.2. The summed E-state index contributed by atoms with van der Waals surface area (Å²) in [5.74, 6) is -1.24. The molecule has 0 N–H and O–H groups in total. The average Bonchev–Trinajstić information content (AvgIpc) is 2.49. The molecule has 0 aromatic heterocycles. The first-order valence-electron chi connectivity index (χ1n) is 6.03. The second-order valence-electron chi connectivity index (χ2n) is 4.36. The summed E-state index contributed by atoms with van der Waals surface area (Å²) in [6.07, 6.45) is -0.681. The van der Waals surface area contributed by atoms with Gasteiger partial charge in [-0.1, -0.05) is 12.1 Å². The van der Waals surface area contributed by atoms with Gasteiger partial charge in [0.15, 0.2) is 17.7 Å². The second-order valence-corrected chi connectivity index (χ2v) is 5.42. The highest BCUT2D eigenvalue weighted by molar-refractivity contribution is 7.99. The lowest BCUT2D eigenvalue weighted by Gasteiger charge is -2.24.